The number of pyridine rings is 2. The first-order valence-corrected chi connectivity index (χ1v) is 25.4. The fourth-order valence-electron chi connectivity index (χ4n) is 9.34. The number of nitrogens with one attached hydrogen (secondary N) is 2. The van der Waals surface area contributed by atoms with Gasteiger partial charge in [0.05, 0.1) is 44.3 Å². The number of rotatable bonds is 12. The molecule has 18 heteroatoms. The smallest absolute Gasteiger partial charge is 0.213 e. The molecule has 0 radical (unpaired) electrons. The van der Waals surface area contributed by atoms with Crippen LogP contribution in [0.5, 0.6) is 0 Å². The zero-order chi connectivity index (χ0) is 44.0. The Bertz CT molecular complexity index is 2260. The largest absolute Gasteiger partial charge is 0.379 e. The van der Waals surface area contributed by atoms with Gasteiger partial charge in [-0.15, -0.1) is 0 Å². The van der Waals surface area contributed by atoms with E-state index in [2.05, 4.69) is 30.4 Å². The fraction of sp³-hybridized carbons (Fsp3) is 0.500. The molecule has 2 aliphatic heterocycles. The Morgan fingerprint density at radius 2 is 0.919 bits per heavy atom. The summed E-state index contributed by atoms with van der Waals surface area (Å²) < 4.78 is 107. The van der Waals surface area contributed by atoms with Gasteiger partial charge in [0.15, 0.2) is 19.7 Å². The fourth-order valence-corrected chi connectivity index (χ4v) is 12.6. The highest BCUT2D eigenvalue weighted by molar-refractivity contribution is 7.91. The van der Waals surface area contributed by atoms with Crippen molar-refractivity contribution in [3.05, 3.63) is 106 Å². The second kappa shape index (κ2) is 20.5. The maximum atomic E-state index is 14.9. The lowest BCUT2D eigenvalue weighted by Crippen LogP contribution is -2.47. The molecule has 4 fully saturated rings. The standard InChI is InChI=1S/2C22H26ClF2N3O2S/c2*23-16-12-21(31(29,30)14-15-6-5-9-22(25)26-15)17(24)13-19(16)27-18-7-1-2-8-20(18)28-10-3-4-11-28/h2*5-6,9,12-13,18,20,27H,1-4,7-8,10-11,14H2/t2*18-,20-/m10/s1. The third-order valence-corrected chi connectivity index (χ3v) is 16.2. The molecule has 336 valence electrons. The van der Waals surface area contributed by atoms with Crippen LogP contribution in [0.4, 0.5) is 28.9 Å². The molecule has 8 rings (SSSR count). The molecule has 0 bridgehead atoms. The van der Waals surface area contributed by atoms with E-state index in [0.29, 0.717) is 23.5 Å². The number of sulfone groups is 2. The molecule has 2 saturated carbocycles. The van der Waals surface area contributed by atoms with Gasteiger partial charge in [-0.2, -0.15) is 8.78 Å². The summed E-state index contributed by atoms with van der Waals surface area (Å²) in [6, 6.07) is 13.4. The van der Waals surface area contributed by atoms with Crippen molar-refractivity contribution < 1.29 is 34.4 Å². The normalized spacial score (nSPS) is 22.5. The van der Waals surface area contributed by atoms with Crippen molar-refractivity contribution >= 4 is 54.3 Å². The number of hydrogen-bond acceptors (Lipinski definition) is 10. The van der Waals surface area contributed by atoms with E-state index in [9.17, 15) is 34.4 Å². The van der Waals surface area contributed by atoms with E-state index in [1.54, 1.807) is 0 Å². The number of aromatic nitrogens is 2. The molecule has 2 aliphatic carbocycles. The number of anilines is 2. The van der Waals surface area contributed by atoms with Crippen LogP contribution < -0.4 is 10.6 Å². The molecule has 4 aliphatic rings. The Morgan fingerprint density at radius 3 is 1.29 bits per heavy atom. The van der Waals surface area contributed by atoms with E-state index in [1.807, 2.05) is 0 Å². The third-order valence-electron chi connectivity index (χ3n) is 12.3. The molecule has 2 N–H and O–H groups in total. The highest BCUT2D eigenvalue weighted by Gasteiger charge is 2.34. The molecule has 0 unspecified atom stereocenters. The van der Waals surface area contributed by atoms with E-state index < -0.39 is 64.5 Å². The molecule has 4 atom stereocenters. The molecule has 62 heavy (non-hydrogen) atoms. The number of halogens is 6. The van der Waals surface area contributed by atoms with Crippen LogP contribution in [0.25, 0.3) is 0 Å². The molecule has 2 saturated heterocycles. The van der Waals surface area contributed by atoms with Gasteiger partial charge in [0.1, 0.15) is 21.4 Å². The maximum absolute atomic E-state index is 14.9. The van der Waals surface area contributed by atoms with E-state index in [1.165, 1.54) is 62.8 Å². The summed E-state index contributed by atoms with van der Waals surface area (Å²) in [6.07, 6.45) is 13.4. The van der Waals surface area contributed by atoms with E-state index in [0.717, 1.165) is 101 Å². The number of likely N-dealkylation sites (tertiary alicyclic amines) is 2. The lowest BCUT2D eigenvalue weighted by atomic mass is 9.89. The van der Waals surface area contributed by atoms with Crippen molar-refractivity contribution in [2.75, 3.05) is 36.8 Å². The van der Waals surface area contributed by atoms with Gasteiger partial charge in [-0.1, -0.05) is 61.0 Å². The third kappa shape index (κ3) is 11.6. The van der Waals surface area contributed by atoms with Crippen LogP contribution in [-0.4, -0.2) is 86.9 Å². The summed E-state index contributed by atoms with van der Waals surface area (Å²) in [5.41, 5.74) is 0.818. The molecule has 0 spiro atoms. The lowest BCUT2D eigenvalue weighted by molar-refractivity contribution is 0.177. The minimum atomic E-state index is -4.08. The molecule has 4 heterocycles. The lowest BCUT2D eigenvalue weighted by Gasteiger charge is -2.39. The predicted octanol–water partition coefficient (Wildman–Crippen LogP) is 9.61. The Balaban J connectivity index is 0.000000186. The van der Waals surface area contributed by atoms with Gasteiger partial charge in [0.2, 0.25) is 11.9 Å². The zero-order valence-corrected chi connectivity index (χ0v) is 37.5. The van der Waals surface area contributed by atoms with E-state index >= 15 is 0 Å². The first kappa shape index (κ1) is 46.5. The maximum Gasteiger partial charge on any atom is 0.213 e. The molecule has 2 aromatic carbocycles. The SMILES string of the molecule is O=S(=O)(Cc1cccc(F)n1)c1cc(Cl)c(N[C@@H]2CCCC[C@H]2N2CCCC2)cc1F.O=S(=O)(Cc1cccc(F)n1)c1cc(Cl)c(N[C@H]2CCCC[C@@H]2N2CCCC2)cc1F. The average Bonchev–Trinajstić information content (AvgIpc) is 3.97. The predicted molar refractivity (Wildman–Crippen MR) is 234 cm³/mol. The molecule has 4 aromatic rings. The van der Waals surface area contributed by atoms with Crippen molar-refractivity contribution in [2.24, 2.45) is 0 Å². The molecule has 2 aromatic heterocycles. The van der Waals surface area contributed by atoms with Crippen molar-refractivity contribution in [2.45, 2.75) is 123 Å². The second-order valence-electron chi connectivity index (χ2n) is 16.6. The van der Waals surface area contributed by atoms with Gasteiger partial charge in [-0.3, -0.25) is 9.80 Å². The van der Waals surface area contributed by atoms with Crippen molar-refractivity contribution in [1.82, 2.24) is 19.8 Å². The van der Waals surface area contributed by atoms with Crippen LogP contribution in [0.15, 0.2) is 70.5 Å². The number of benzene rings is 2. The van der Waals surface area contributed by atoms with Gasteiger partial charge in [0.25, 0.3) is 0 Å². The molecule has 10 nitrogen and oxygen atoms in total. The second-order valence-corrected chi connectivity index (χ2v) is 21.4. The van der Waals surface area contributed by atoms with Gasteiger partial charge in [-0.25, -0.2) is 35.6 Å². The quantitative estimate of drug-likeness (QED) is 0.105. The van der Waals surface area contributed by atoms with Crippen LogP contribution in [0.2, 0.25) is 10.0 Å². The summed E-state index contributed by atoms with van der Waals surface area (Å²) in [5.74, 6) is -4.54. The van der Waals surface area contributed by atoms with Gasteiger partial charge >= 0.3 is 0 Å². The van der Waals surface area contributed by atoms with Gasteiger partial charge in [-0.05, 0) is 126 Å². The highest BCUT2D eigenvalue weighted by atomic mass is 35.5. The van der Waals surface area contributed by atoms with Crippen LogP contribution in [0.1, 0.15) is 88.4 Å². The highest BCUT2D eigenvalue weighted by Crippen LogP contribution is 2.36. The van der Waals surface area contributed by atoms with E-state index in [4.69, 9.17) is 23.2 Å². The van der Waals surface area contributed by atoms with E-state index in [-0.39, 0.29) is 33.5 Å². The van der Waals surface area contributed by atoms with Crippen molar-refractivity contribution in [3.8, 4) is 0 Å². The number of nitrogens with zero attached hydrogens (tertiary/aromatic N) is 4. The van der Waals surface area contributed by atoms with Crippen LogP contribution in [0.3, 0.4) is 0 Å². The summed E-state index contributed by atoms with van der Waals surface area (Å²) in [5, 5.41) is 7.07. The topological polar surface area (TPSA) is 125 Å². The Kier molecular flexibility index (Phi) is 15.4. The Morgan fingerprint density at radius 1 is 0.548 bits per heavy atom. The summed E-state index contributed by atoms with van der Waals surface area (Å²) in [7, 11) is -8.16. The first-order valence-electron chi connectivity index (χ1n) is 21.3. The van der Waals surface area contributed by atoms with Crippen molar-refractivity contribution in [1.29, 1.82) is 0 Å². The molecule has 0 amide bonds. The van der Waals surface area contributed by atoms with Crippen LogP contribution >= 0.6 is 23.2 Å². The average molecular weight is 940 g/mol. The van der Waals surface area contributed by atoms with Gasteiger partial charge < -0.3 is 10.6 Å². The summed E-state index contributed by atoms with van der Waals surface area (Å²) in [6.45, 7) is 4.32. The Labute approximate surface area is 371 Å². The molecular formula is C44H52Cl2F4N6O4S2. The minimum absolute atomic E-state index is 0.00776. The monoisotopic (exact) mass is 938 g/mol. The molecular weight excluding hydrogens is 888 g/mol. The van der Waals surface area contributed by atoms with Crippen LogP contribution in [0, 0.1) is 23.5 Å². The van der Waals surface area contributed by atoms with Crippen LogP contribution in [-0.2, 0) is 31.2 Å². The van der Waals surface area contributed by atoms with Crippen molar-refractivity contribution in [3.63, 3.8) is 0 Å². The number of hydrogen-bond donors (Lipinski definition) is 2. The summed E-state index contributed by atoms with van der Waals surface area (Å²) >= 11 is 12.8. The Hall–Kier alpha value is -3.54. The summed E-state index contributed by atoms with van der Waals surface area (Å²) in [4.78, 5) is 11.1. The minimum Gasteiger partial charge on any atom is -0.379 e. The van der Waals surface area contributed by atoms with Gasteiger partial charge in [0, 0.05) is 24.2 Å². The first-order chi connectivity index (χ1) is 29.7. The zero-order valence-electron chi connectivity index (χ0n) is 34.3.